The maximum Gasteiger partial charge on any atom is 0.222 e. The Bertz CT molecular complexity index is 685. The number of anilines is 1. The summed E-state index contributed by atoms with van der Waals surface area (Å²) in [4.78, 5) is 16.7. The fourth-order valence-corrected chi connectivity index (χ4v) is 3.79. The maximum absolute atomic E-state index is 12.4. The van der Waals surface area contributed by atoms with Gasteiger partial charge in [-0.2, -0.15) is 5.10 Å². The van der Waals surface area contributed by atoms with Crippen molar-refractivity contribution >= 4 is 11.7 Å². The minimum atomic E-state index is 0.326. The number of carbonyl (C=O) groups is 1. The molecule has 3 heterocycles. The van der Waals surface area contributed by atoms with E-state index >= 15 is 0 Å². The van der Waals surface area contributed by atoms with Crippen molar-refractivity contribution in [3.05, 3.63) is 30.6 Å². The molecule has 25 heavy (non-hydrogen) atoms. The molecule has 7 nitrogen and oxygen atoms in total. The topological polar surface area (TPSA) is 67.2 Å². The van der Waals surface area contributed by atoms with Crippen LogP contribution in [0.15, 0.2) is 30.6 Å². The van der Waals surface area contributed by atoms with Crippen molar-refractivity contribution in [2.45, 2.75) is 32.1 Å². The van der Waals surface area contributed by atoms with E-state index in [2.05, 4.69) is 20.2 Å². The van der Waals surface area contributed by atoms with Crippen molar-refractivity contribution in [3.8, 4) is 5.82 Å². The average Bonchev–Trinajstić information content (AvgIpc) is 3.36. The van der Waals surface area contributed by atoms with Crippen LogP contribution in [0.1, 0.15) is 32.1 Å². The molecule has 4 rings (SSSR count). The van der Waals surface area contributed by atoms with E-state index in [9.17, 15) is 4.79 Å². The first-order chi connectivity index (χ1) is 12.3. The summed E-state index contributed by atoms with van der Waals surface area (Å²) in [5.74, 6) is 2.51. The third kappa shape index (κ3) is 3.65. The number of rotatable bonds is 4. The third-order valence-electron chi connectivity index (χ3n) is 5.27. The lowest BCUT2D eigenvalue weighted by Gasteiger charge is -2.35. The second-order valence-electron chi connectivity index (χ2n) is 6.92. The highest BCUT2D eigenvalue weighted by Crippen LogP contribution is 2.28. The predicted molar refractivity (Wildman–Crippen MR) is 94.5 cm³/mol. The van der Waals surface area contributed by atoms with Gasteiger partial charge in [0.15, 0.2) is 11.6 Å². The summed E-state index contributed by atoms with van der Waals surface area (Å²) in [6.45, 7) is 3.17. The molecule has 0 aromatic carbocycles. The fourth-order valence-electron chi connectivity index (χ4n) is 3.79. The number of amides is 1. The lowest BCUT2D eigenvalue weighted by Crippen LogP contribution is -2.49. The summed E-state index contributed by atoms with van der Waals surface area (Å²) in [6.07, 6.45) is 9.33. The second-order valence-corrected chi connectivity index (χ2v) is 6.92. The predicted octanol–water partition coefficient (Wildman–Crippen LogP) is 1.89. The summed E-state index contributed by atoms with van der Waals surface area (Å²) < 4.78 is 1.69. The summed E-state index contributed by atoms with van der Waals surface area (Å²) in [5.41, 5.74) is 0. The van der Waals surface area contributed by atoms with Crippen LogP contribution in [-0.4, -0.2) is 57.0 Å². The molecule has 1 amide bonds. The van der Waals surface area contributed by atoms with Crippen molar-refractivity contribution in [3.63, 3.8) is 0 Å². The highest BCUT2D eigenvalue weighted by Gasteiger charge is 2.25. The summed E-state index contributed by atoms with van der Waals surface area (Å²) >= 11 is 0. The molecule has 0 radical (unpaired) electrons. The lowest BCUT2D eigenvalue weighted by molar-refractivity contribution is -0.132. The molecule has 2 aromatic heterocycles. The number of carbonyl (C=O) groups excluding carboxylic acids is 1. The molecule has 0 atom stereocenters. The molecule has 132 valence electrons. The lowest BCUT2D eigenvalue weighted by atomic mass is 10.0. The monoisotopic (exact) mass is 340 g/mol. The van der Waals surface area contributed by atoms with Gasteiger partial charge in [0, 0.05) is 45.0 Å². The molecule has 1 aliphatic carbocycles. The quantitative estimate of drug-likeness (QED) is 0.850. The van der Waals surface area contributed by atoms with Crippen LogP contribution in [-0.2, 0) is 4.79 Å². The van der Waals surface area contributed by atoms with Crippen molar-refractivity contribution in [1.82, 2.24) is 24.9 Å². The minimum Gasteiger partial charge on any atom is -0.352 e. The number of hydrogen-bond acceptors (Lipinski definition) is 5. The van der Waals surface area contributed by atoms with Crippen molar-refractivity contribution in [1.29, 1.82) is 0 Å². The second kappa shape index (κ2) is 7.21. The van der Waals surface area contributed by atoms with Crippen LogP contribution >= 0.6 is 0 Å². The van der Waals surface area contributed by atoms with Gasteiger partial charge in [-0.15, -0.1) is 10.2 Å². The number of piperazine rings is 1. The van der Waals surface area contributed by atoms with E-state index in [1.165, 1.54) is 25.7 Å². The summed E-state index contributed by atoms with van der Waals surface area (Å²) in [5, 5.41) is 12.7. The van der Waals surface area contributed by atoms with Crippen LogP contribution in [0.4, 0.5) is 5.82 Å². The Balaban J connectivity index is 1.31. The molecule has 1 aliphatic heterocycles. The zero-order valence-electron chi connectivity index (χ0n) is 14.4. The Hall–Kier alpha value is -2.44. The number of nitrogens with zero attached hydrogens (tertiary/aromatic N) is 6. The molecule has 2 aliphatic rings. The highest BCUT2D eigenvalue weighted by molar-refractivity contribution is 5.76. The van der Waals surface area contributed by atoms with Gasteiger partial charge < -0.3 is 9.80 Å². The van der Waals surface area contributed by atoms with Gasteiger partial charge >= 0.3 is 0 Å². The van der Waals surface area contributed by atoms with Gasteiger partial charge in [-0.1, -0.05) is 12.8 Å². The first kappa shape index (κ1) is 16.1. The Morgan fingerprint density at radius 3 is 2.40 bits per heavy atom. The molecular formula is C18H24N6O. The molecule has 7 heteroatoms. The zero-order chi connectivity index (χ0) is 17.1. The number of hydrogen-bond donors (Lipinski definition) is 0. The summed E-state index contributed by atoms with van der Waals surface area (Å²) in [7, 11) is 0. The van der Waals surface area contributed by atoms with Crippen molar-refractivity contribution in [2.75, 3.05) is 31.1 Å². The first-order valence-corrected chi connectivity index (χ1v) is 9.16. The molecule has 0 bridgehead atoms. The van der Waals surface area contributed by atoms with Gasteiger partial charge in [0.1, 0.15) is 0 Å². The largest absolute Gasteiger partial charge is 0.352 e. The average molecular weight is 340 g/mol. The van der Waals surface area contributed by atoms with Gasteiger partial charge in [0.25, 0.3) is 0 Å². The molecule has 0 N–H and O–H groups in total. The van der Waals surface area contributed by atoms with E-state index in [1.54, 1.807) is 10.9 Å². The van der Waals surface area contributed by atoms with Crippen LogP contribution in [0.3, 0.4) is 0 Å². The Morgan fingerprint density at radius 1 is 1.04 bits per heavy atom. The van der Waals surface area contributed by atoms with Gasteiger partial charge in [0.2, 0.25) is 5.91 Å². The number of aromatic nitrogens is 4. The maximum atomic E-state index is 12.4. The minimum absolute atomic E-state index is 0.326. The van der Waals surface area contributed by atoms with Gasteiger partial charge in [-0.25, -0.2) is 4.68 Å². The normalized spacial score (nSPS) is 18.7. The van der Waals surface area contributed by atoms with Gasteiger partial charge in [-0.3, -0.25) is 4.79 Å². The zero-order valence-corrected chi connectivity index (χ0v) is 14.4. The van der Waals surface area contributed by atoms with E-state index < -0.39 is 0 Å². The van der Waals surface area contributed by atoms with E-state index in [0.29, 0.717) is 17.6 Å². The van der Waals surface area contributed by atoms with Crippen LogP contribution in [0.2, 0.25) is 0 Å². The summed E-state index contributed by atoms with van der Waals surface area (Å²) in [6, 6.07) is 5.75. The van der Waals surface area contributed by atoms with Gasteiger partial charge in [0.05, 0.1) is 0 Å². The SMILES string of the molecule is O=C(CC1CCCC1)N1CCN(c2ccc(-n3cccn3)nn2)CC1. The van der Waals surface area contributed by atoms with Gasteiger partial charge in [-0.05, 0) is 37.0 Å². The smallest absolute Gasteiger partial charge is 0.222 e. The van der Waals surface area contributed by atoms with Crippen LogP contribution in [0.5, 0.6) is 0 Å². The van der Waals surface area contributed by atoms with E-state index in [-0.39, 0.29) is 0 Å². The molecule has 2 aromatic rings. The van der Waals surface area contributed by atoms with Crippen molar-refractivity contribution < 1.29 is 4.79 Å². The molecular weight excluding hydrogens is 316 g/mol. The molecule has 2 fully saturated rings. The van der Waals surface area contributed by atoms with E-state index in [4.69, 9.17) is 0 Å². The Kier molecular flexibility index (Phi) is 4.63. The molecule has 1 saturated heterocycles. The Morgan fingerprint density at radius 2 is 1.76 bits per heavy atom. The standard InChI is InChI=1S/C18H24N6O/c25-18(14-15-4-1-2-5-15)23-12-10-22(11-13-23)16-6-7-17(21-20-16)24-9-3-8-19-24/h3,6-9,15H,1-2,4-5,10-14H2. The van der Waals surface area contributed by atoms with Crippen LogP contribution in [0, 0.1) is 5.92 Å². The van der Waals surface area contributed by atoms with Crippen LogP contribution in [0.25, 0.3) is 5.82 Å². The first-order valence-electron chi connectivity index (χ1n) is 9.16. The van der Waals surface area contributed by atoms with E-state index in [0.717, 1.165) is 38.4 Å². The van der Waals surface area contributed by atoms with Crippen LogP contribution < -0.4 is 4.90 Å². The molecule has 0 spiro atoms. The fraction of sp³-hybridized carbons (Fsp3) is 0.556. The third-order valence-corrected chi connectivity index (χ3v) is 5.27. The van der Waals surface area contributed by atoms with Crippen molar-refractivity contribution in [2.24, 2.45) is 5.92 Å². The molecule has 1 saturated carbocycles. The molecule has 0 unspecified atom stereocenters. The Labute approximate surface area is 147 Å². The highest BCUT2D eigenvalue weighted by atomic mass is 16.2. The van der Waals surface area contributed by atoms with E-state index in [1.807, 2.05) is 29.3 Å².